The van der Waals surface area contributed by atoms with Crippen LogP contribution in [0.2, 0.25) is 0 Å². The highest BCUT2D eigenvalue weighted by Crippen LogP contribution is 2.16. The lowest BCUT2D eigenvalue weighted by atomic mass is 10.1. The van der Waals surface area contributed by atoms with E-state index in [9.17, 15) is 0 Å². The smallest absolute Gasteiger partial charge is 0.0518 e. The van der Waals surface area contributed by atoms with E-state index in [4.69, 9.17) is 4.74 Å². The van der Waals surface area contributed by atoms with Crippen LogP contribution in [0.15, 0.2) is 24.3 Å². The predicted molar refractivity (Wildman–Crippen MR) is 102 cm³/mol. The van der Waals surface area contributed by atoms with E-state index < -0.39 is 0 Å². The monoisotopic (exact) mass is 320 g/mol. The number of unbranched alkanes of at least 4 members (excludes halogenated alkanes) is 3. The third-order valence-corrected chi connectivity index (χ3v) is 3.89. The van der Waals surface area contributed by atoms with Crippen molar-refractivity contribution in [1.29, 1.82) is 0 Å². The van der Waals surface area contributed by atoms with Crippen molar-refractivity contribution >= 4 is 11.4 Å². The second-order valence-corrected chi connectivity index (χ2v) is 6.67. The minimum Gasteiger partial charge on any atom is -0.385 e. The zero-order valence-corrected chi connectivity index (χ0v) is 15.5. The van der Waals surface area contributed by atoms with Crippen LogP contribution >= 0.6 is 0 Å². The highest BCUT2D eigenvalue weighted by molar-refractivity contribution is 5.53. The third-order valence-electron chi connectivity index (χ3n) is 3.89. The van der Waals surface area contributed by atoms with Gasteiger partial charge in [-0.15, -0.1) is 0 Å². The van der Waals surface area contributed by atoms with Crippen molar-refractivity contribution < 1.29 is 4.74 Å². The van der Waals surface area contributed by atoms with Crippen LogP contribution in [-0.2, 0) is 4.74 Å². The molecule has 1 unspecified atom stereocenters. The molecule has 0 heterocycles. The molecule has 3 heteroatoms. The van der Waals surface area contributed by atoms with E-state index in [2.05, 4.69) is 62.6 Å². The Hall–Kier alpha value is -1.22. The first kappa shape index (κ1) is 19.8. The van der Waals surface area contributed by atoms with Gasteiger partial charge in [-0.1, -0.05) is 32.6 Å². The van der Waals surface area contributed by atoms with Crippen molar-refractivity contribution in [2.24, 2.45) is 0 Å². The third kappa shape index (κ3) is 10.2. The van der Waals surface area contributed by atoms with E-state index in [-0.39, 0.29) is 0 Å². The number of nitrogens with one attached hydrogen (secondary N) is 2. The van der Waals surface area contributed by atoms with Gasteiger partial charge in [-0.3, -0.25) is 0 Å². The van der Waals surface area contributed by atoms with Gasteiger partial charge in [-0.05, 0) is 57.9 Å². The summed E-state index contributed by atoms with van der Waals surface area (Å²) in [4.78, 5) is 0. The van der Waals surface area contributed by atoms with E-state index >= 15 is 0 Å². The van der Waals surface area contributed by atoms with Gasteiger partial charge in [0.15, 0.2) is 0 Å². The molecule has 1 aromatic carbocycles. The molecule has 0 aliphatic carbocycles. The summed E-state index contributed by atoms with van der Waals surface area (Å²) in [5.41, 5.74) is 2.39. The summed E-state index contributed by atoms with van der Waals surface area (Å²) in [5.74, 6) is 0. The van der Waals surface area contributed by atoms with Gasteiger partial charge in [0, 0.05) is 30.6 Å². The summed E-state index contributed by atoms with van der Waals surface area (Å²) in [7, 11) is 0. The van der Waals surface area contributed by atoms with Crippen LogP contribution in [-0.4, -0.2) is 25.3 Å². The Balaban J connectivity index is 2.19. The van der Waals surface area contributed by atoms with Crippen molar-refractivity contribution in [3.8, 4) is 0 Å². The Labute approximate surface area is 143 Å². The maximum atomic E-state index is 5.54. The van der Waals surface area contributed by atoms with Gasteiger partial charge in [0.05, 0.1) is 6.10 Å². The maximum Gasteiger partial charge on any atom is 0.0518 e. The number of ether oxygens (including phenoxy) is 1. The first-order chi connectivity index (χ1) is 11.1. The molecule has 0 radical (unpaired) electrons. The van der Waals surface area contributed by atoms with Crippen molar-refractivity contribution in [2.45, 2.75) is 78.4 Å². The van der Waals surface area contributed by atoms with E-state index in [1.807, 2.05) is 0 Å². The molecule has 1 atom stereocenters. The van der Waals surface area contributed by atoms with Crippen molar-refractivity contribution in [2.75, 3.05) is 23.8 Å². The molecule has 132 valence electrons. The molecule has 0 amide bonds. The van der Waals surface area contributed by atoms with Crippen LogP contribution in [0.5, 0.6) is 0 Å². The molecule has 0 fully saturated rings. The Kier molecular flexibility index (Phi) is 10.5. The average Bonchev–Trinajstić information content (AvgIpc) is 2.52. The van der Waals surface area contributed by atoms with E-state index in [1.165, 1.54) is 43.5 Å². The van der Waals surface area contributed by atoms with Gasteiger partial charge < -0.3 is 15.4 Å². The van der Waals surface area contributed by atoms with Crippen LogP contribution in [0.1, 0.15) is 66.2 Å². The predicted octanol–water partition coefficient (Wildman–Crippen LogP) is 5.68. The summed E-state index contributed by atoms with van der Waals surface area (Å²) in [6.45, 7) is 10.4. The summed E-state index contributed by atoms with van der Waals surface area (Å²) in [6, 6.07) is 9.16. The van der Waals surface area contributed by atoms with Gasteiger partial charge in [-0.2, -0.15) is 0 Å². The average molecular weight is 321 g/mol. The van der Waals surface area contributed by atoms with E-state index in [0.29, 0.717) is 12.1 Å². The largest absolute Gasteiger partial charge is 0.385 e. The normalized spacial score (nSPS) is 12.4. The first-order valence-corrected chi connectivity index (χ1v) is 9.34. The zero-order valence-electron chi connectivity index (χ0n) is 15.5. The fourth-order valence-electron chi connectivity index (χ4n) is 2.54. The summed E-state index contributed by atoms with van der Waals surface area (Å²) in [6.07, 6.45) is 7.94. The number of hydrogen-bond acceptors (Lipinski definition) is 3. The Morgan fingerprint density at radius 2 is 1.61 bits per heavy atom. The second kappa shape index (κ2) is 12.2. The van der Waals surface area contributed by atoms with E-state index in [0.717, 1.165) is 19.6 Å². The summed E-state index contributed by atoms with van der Waals surface area (Å²) >= 11 is 0. The van der Waals surface area contributed by atoms with Crippen LogP contribution < -0.4 is 10.6 Å². The van der Waals surface area contributed by atoms with Gasteiger partial charge in [0.2, 0.25) is 0 Å². The molecule has 0 spiro atoms. The highest BCUT2D eigenvalue weighted by Gasteiger charge is 2.02. The van der Waals surface area contributed by atoms with Crippen molar-refractivity contribution in [3.05, 3.63) is 24.3 Å². The van der Waals surface area contributed by atoms with Gasteiger partial charge >= 0.3 is 0 Å². The lowest BCUT2D eigenvalue weighted by Crippen LogP contribution is -2.14. The lowest BCUT2D eigenvalue weighted by molar-refractivity contribution is 0.0787. The second-order valence-electron chi connectivity index (χ2n) is 6.67. The zero-order chi connectivity index (χ0) is 16.9. The van der Waals surface area contributed by atoms with Gasteiger partial charge in [0.25, 0.3) is 0 Å². The fraction of sp³-hybridized carbons (Fsp3) is 0.700. The number of hydrogen-bond donors (Lipinski definition) is 2. The molecular weight excluding hydrogens is 284 g/mol. The molecule has 0 aliphatic heterocycles. The Bertz CT molecular complexity index is 389. The van der Waals surface area contributed by atoms with Gasteiger partial charge in [0.1, 0.15) is 0 Å². The van der Waals surface area contributed by atoms with E-state index in [1.54, 1.807) is 0 Å². The topological polar surface area (TPSA) is 33.3 Å². The molecule has 3 nitrogen and oxygen atoms in total. The number of anilines is 2. The Morgan fingerprint density at radius 1 is 0.913 bits per heavy atom. The first-order valence-electron chi connectivity index (χ1n) is 9.34. The van der Waals surface area contributed by atoms with Crippen LogP contribution in [0.4, 0.5) is 11.4 Å². The number of benzene rings is 1. The molecule has 1 aromatic rings. The van der Waals surface area contributed by atoms with Crippen LogP contribution in [0.25, 0.3) is 0 Å². The molecule has 0 aliphatic rings. The minimum atomic E-state index is 0.323. The number of rotatable bonds is 13. The summed E-state index contributed by atoms with van der Waals surface area (Å²) < 4.78 is 5.54. The molecule has 0 saturated heterocycles. The summed E-state index contributed by atoms with van der Waals surface area (Å²) in [5, 5.41) is 7.03. The lowest BCUT2D eigenvalue weighted by Gasteiger charge is -2.16. The highest BCUT2D eigenvalue weighted by atomic mass is 16.5. The standard InChI is InChI=1S/C20H36N2O/c1-5-6-7-8-10-18(4)22-20-13-11-19(12-14-20)21-15-9-16-23-17(2)3/h11-14,17-18,21-22H,5-10,15-16H2,1-4H3. The molecular formula is C20H36N2O. The molecule has 1 rings (SSSR count). The molecule has 0 bridgehead atoms. The van der Waals surface area contributed by atoms with Crippen molar-refractivity contribution in [3.63, 3.8) is 0 Å². The quantitative estimate of drug-likeness (QED) is 0.458. The SMILES string of the molecule is CCCCCCC(C)Nc1ccc(NCCCOC(C)C)cc1. The Morgan fingerprint density at radius 3 is 2.26 bits per heavy atom. The maximum absolute atomic E-state index is 5.54. The van der Waals surface area contributed by atoms with Crippen LogP contribution in [0.3, 0.4) is 0 Å². The molecule has 0 aromatic heterocycles. The fourth-order valence-corrected chi connectivity index (χ4v) is 2.54. The molecule has 2 N–H and O–H groups in total. The molecule has 23 heavy (non-hydrogen) atoms. The minimum absolute atomic E-state index is 0.323. The van der Waals surface area contributed by atoms with Crippen LogP contribution in [0, 0.1) is 0 Å². The van der Waals surface area contributed by atoms with Gasteiger partial charge in [-0.25, -0.2) is 0 Å². The van der Waals surface area contributed by atoms with Crippen molar-refractivity contribution in [1.82, 2.24) is 0 Å². The molecule has 0 saturated carbocycles.